The van der Waals surface area contributed by atoms with Crippen LogP contribution in [-0.4, -0.2) is 57.2 Å². The van der Waals surface area contributed by atoms with Crippen molar-refractivity contribution in [2.24, 2.45) is 0 Å². The highest BCUT2D eigenvalue weighted by atomic mass is 16.2. The van der Waals surface area contributed by atoms with Crippen molar-refractivity contribution in [2.45, 2.75) is 44.7 Å². The summed E-state index contributed by atoms with van der Waals surface area (Å²) in [7, 11) is 0. The zero-order valence-electron chi connectivity index (χ0n) is 14.8. The summed E-state index contributed by atoms with van der Waals surface area (Å²) in [5.74, 6) is 0.150. The number of likely N-dealkylation sites (tertiary alicyclic amines) is 2. The van der Waals surface area contributed by atoms with E-state index in [0.717, 1.165) is 37.2 Å². The minimum Gasteiger partial charge on any atom is -0.334 e. The molecule has 4 rings (SSSR count). The van der Waals surface area contributed by atoms with E-state index in [4.69, 9.17) is 0 Å². The number of carbonyl (C=O) groups is 1. The van der Waals surface area contributed by atoms with Crippen LogP contribution in [0.5, 0.6) is 0 Å². The van der Waals surface area contributed by atoms with Gasteiger partial charge in [-0.2, -0.15) is 5.10 Å². The van der Waals surface area contributed by atoms with Crippen molar-refractivity contribution in [3.8, 4) is 5.69 Å². The highest BCUT2D eigenvalue weighted by Gasteiger charge is 2.39. The quantitative estimate of drug-likeness (QED) is 0.861. The Hall–Kier alpha value is -2.14. The Morgan fingerprint density at radius 2 is 1.92 bits per heavy atom. The van der Waals surface area contributed by atoms with Crippen LogP contribution in [0.1, 0.15) is 43.0 Å². The van der Waals surface area contributed by atoms with E-state index in [9.17, 15) is 4.79 Å². The molecule has 25 heavy (non-hydrogen) atoms. The van der Waals surface area contributed by atoms with Crippen LogP contribution in [0.4, 0.5) is 0 Å². The molecular weight excluding hydrogens is 312 g/mol. The van der Waals surface area contributed by atoms with Crippen molar-refractivity contribution >= 4 is 5.91 Å². The molecule has 0 aliphatic carbocycles. The zero-order chi connectivity index (χ0) is 17.2. The van der Waals surface area contributed by atoms with Gasteiger partial charge in [-0.1, -0.05) is 19.1 Å². The van der Waals surface area contributed by atoms with E-state index in [0.29, 0.717) is 12.1 Å². The Bertz CT molecular complexity index is 727. The van der Waals surface area contributed by atoms with Crippen LogP contribution in [0.2, 0.25) is 0 Å². The maximum Gasteiger partial charge on any atom is 0.256 e. The van der Waals surface area contributed by atoms with Crippen LogP contribution in [0.3, 0.4) is 0 Å². The molecule has 2 fully saturated rings. The molecule has 1 aromatic heterocycles. The van der Waals surface area contributed by atoms with Gasteiger partial charge in [-0.25, -0.2) is 4.68 Å². The summed E-state index contributed by atoms with van der Waals surface area (Å²) in [5, 5.41) is 4.32. The molecule has 132 valence electrons. The fraction of sp³-hybridized carbons (Fsp3) is 0.500. The zero-order valence-corrected chi connectivity index (χ0v) is 14.8. The average molecular weight is 338 g/mol. The van der Waals surface area contributed by atoms with Gasteiger partial charge in [0.05, 0.1) is 11.3 Å². The predicted octanol–water partition coefficient (Wildman–Crippen LogP) is 2.96. The molecule has 2 atom stereocenters. The number of amides is 1. The van der Waals surface area contributed by atoms with Gasteiger partial charge in [0.15, 0.2) is 0 Å². The molecule has 5 heteroatoms. The van der Waals surface area contributed by atoms with Gasteiger partial charge in [-0.3, -0.25) is 9.69 Å². The van der Waals surface area contributed by atoms with Gasteiger partial charge >= 0.3 is 0 Å². The second-order valence-corrected chi connectivity index (χ2v) is 7.01. The number of hydrogen-bond donors (Lipinski definition) is 0. The predicted molar refractivity (Wildman–Crippen MR) is 97.9 cm³/mol. The lowest BCUT2D eigenvalue weighted by Gasteiger charge is -2.34. The molecule has 3 heterocycles. The number of para-hydroxylation sites is 1. The largest absolute Gasteiger partial charge is 0.334 e. The summed E-state index contributed by atoms with van der Waals surface area (Å²) in [6.45, 7) is 5.34. The Morgan fingerprint density at radius 1 is 1.12 bits per heavy atom. The van der Waals surface area contributed by atoms with Crippen LogP contribution >= 0.6 is 0 Å². The molecule has 0 saturated carbocycles. The van der Waals surface area contributed by atoms with Gasteiger partial charge in [0.1, 0.15) is 0 Å². The van der Waals surface area contributed by atoms with E-state index < -0.39 is 0 Å². The van der Waals surface area contributed by atoms with Gasteiger partial charge in [-0.15, -0.1) is 0 Å². The maximum absolute atomic E-state index is 13.4. The van der Waals surface area contributed by atoms with Crippen molar-refractivity contribution < 1.29 is 4.79 Å². The third-order valence-electron chi connectivity index (χ3n) is 5.71. The maximum atomic E-state index is 13.4. The second kappa shape index (κ2) is 7.00. The van der Waals surface area contributed by atoms with Crippen molar-refractivity contribution in [2.75, 3.05) is 19.6 Å². The van der Waals surface area contributed by atoms with Crippen LogP contribution in [0.15, 0.2) is 42.7 Å². The van der Waals surface area contributed by atoms with E-state index in [1.165, 1.54) is 19.4 Å². The standard InChI is InChI=1S/C20H26N4O/c1-2-22-13-5-10-18(22)19-11-6-14-23(19)20(25)16-8-3-4-9-17(16)24-15-7-12-21-24/h3-4,7-9,12,15,18-19H,2,5-6,10-11,13-14H2,1H3/t18-,19-/m1/s1. The Morgan fingerprint density at radius 3 is 2.72 bits per heavy atom. The topological polar surface area (TPSA) is 41.4 Å². The lowest BCUT2D eigenvalue weighted by atomic mass is 10.0. The average Bonchev–Trinajstić information content (AvgIpc) is 3.41. The first kappa shape index (κ1) is 16.3. The fourth-order valence-corrected chi connectivity index (χ4v) is 4.55. The molecule has 0 bridgehead atoms. The lowest BCUT2D eigenvalue weighted by Crippen LogP contribution is -2.48. The van der Waals surface area contributed by atoms with Crippen LogP contribution < -0.4 is 0 Å². The molecule has 5 nitrogen and oxygen atoms in total. The first-order valence-electron chi connectivity index (χ1n) is 9.43. The molecule has 0 radical (unpaired) electrons. The number of aromatic nitrogens is 2. The molecule has 2 aliphatic heterocycles. The molecule has 2 aromatic rings. The third kappa shape index (κ3) is 2.97. The van der Waals surface area contributed by atoms with Crippen molar-refractivity contribution in [3.05, 3.63) is 48.3 Å². The molecule has 2 aliphatic rings. The highest BCUT2D eigenvalue weighted by Crippen LogP contribution is 2.31. The van der Waals surface area contributed by atoms with Gasteiger partial charge in [0.25, 0.3) is 5.91 Å². The summed E-state index contributed by atoms with van der Waals surface area (Å²) in [6, 6.07) is 10.6. The van der Waals surface area contributed by atoms with Crippen LogP contribution in [-0.2, 0) is 0 Å². The number of likely N-dealkylation sites (N-methyl/N-ethyl adjacent to an activating group) is 1. The summed E-state index contributed by atoms with van der Waals surface area (Å²) in [6.07, 6.45) is 8.33. The molecule has 0 spiro atoms. The molecular formula is C20H26N4O. The third-order valence-corrected chi connectivity index (χ3v) is 5.71. The highest BCUT2D eigenvalue weighted by molar-refractivity contribution is 5.98. The van der Waals surface area contributed by atoms with E-state index in [1.807, 2.05) is 36.5 Å². The van der Waals surface area contributed by atoms with E-state index in [2.05, 4.69) is 21.8 Å². The number of rotatable bonds is 4. The Labute approximate surface area is 149 Å². The number of benzene rings is 1. The number of hydrogen-bond acceptors (Lipinski definition) is 3. The summed E-state index contributed by atoms with van der Waals surface area (Å²) in [5.41, 5.74) is 1.61. The van der Waals surface area contributed by atoms with Crippen molar-refractivity contribution in [3.63, 3.8) is 0 Å². The van der Waals surface area contributed by atoms with Crippen molar-refractivity contribution in [1.82, 2.24) is 19.6 Å². The SMILES string of the molecule is CCN1CCC[C@@H]1[C@H]1CCCN1C(=O)c1ccccc1-n1cccn1. The first-order valence-corrected chi connectivity index (χ1v) is 9.43. The summed E-state index contributed by atoms with van der Waals surface area (Å²) >= 11 is 0. The molecule has 0 N–H and O–H groups in total. The number of carbonyl (C=O) groups excluding carboxylic acids is 1. The summed E-state index contributed by atoms with van der Waals surface area (Å²) in [4.78, 5) is 18.1. The second-order valence-electron chi connectivity index (χ2n) is 7.01. The smallest absolute Gasteiger partial charge is 0.256 e. The van der Waals surface area contributed by atoms with E-state index in [-0.39, 0.29) is 5.91 Å². The van der Waals surface area contributed by atoms with E-state index >= 15 is 0 Å². The van der Waals surface area contributed by atoms with Gasteiger partial charge in [0.2, 0.25) is 0 Å². The first-order chi connectivity index (χ1) is 12.3. The molecule has 2 saturated heterocycles. The molecule has 1 aromatic carbocycles. The van der Waals surface area contributed by atoms with Gasteiger partial charge in [-0.05, 0) is 57.0 Å². The molecule has 1 amide bonds. The number of nitrogens with zero attached hydrogens (tertiary/aromatic N) is 4. The van der Waals surface area contributed by atoms with Crippen molar-refractivity contribution in [1.29, 1.82) is 0 Å². The van der Waals surface area contributed by atoms with Gasteiger partial charge < -0.3 is 4.90 Å². The minimum atomic E-state index is 0.150. The monoisotopic (exact) mass is 338 g/mol. The van der Waals surface area contributed by atoms with E-state index in [1.54, 1.807) is 10.9 Å². The lowest BCUT2D eigenvalue weighted by molar-refractivity contribution is 0.0650. The Kier molecular flexibility index (Phi) is 4.57. The van der Waals surface area contributed by atoms with Gasteiger partial charge in [0, 0.05) is 31.0 Å². The minimum absolute atomic E-state index is 0.150. The molecule has 0 unspecified atom stereocenters. The van der Waals surface area contributed by atoms with Crippen LogP contribution in [0, 0.1) is 0 Å². The van der Waals surface area contributed by atoms with Crippen LogP contribution in [0.25, 0.3) is 5.69 Å². The fourth-order valence-electron chi connectivity index (χ4n) is 4.55. The Balaban J connectivity index is 1.63. The normalized spacial score (nSPS) is 24.1. The summed E-state index contributed by atoms with van der Waals surface area (Å²) < 4.78 is 1.78.